The van der Waals surface area contributed by atoms with E-state index < -0.39 is 17.4 Å². The van der Waals surface area contributed by atoms with Crippen LogP contribution in [0.25, 0.3) is 0 Å². The van der Waals surface area contributed by atoms with E-state index in [4.69, 9.17) is 27.9 Å². The van der Waals surface area contributed by atoms with Crippen LogP contribution in [0.1, 0.15) is 5.56 Å². The smallest absolute Gasteiger partial charge is 0.311 e. The summed E-state index contributed by atoms with van der Waals surface area (Å²) in [4.78, 5) is 22.3. The van der Waals surface area contributed by atoms with E-state index >= 15 is 0 Å². The van der Waals surface area contributed by atoms with E-state index in [1.54, 1.807) is 31.2 Å². The van der Waals surface area contributed by atoms with Crippen molar-refractivity contribution in [1.29, 1.82) is 0 Å². The quantitative estimate of drug-likeness (QED) is 0.643. The molecule has 120 valence electrons. The van der Waals surface area contributed by atoms with Gasteiger partial charge in [0.25, 0.3) is 5.91 Å². The molecule has 0 fully saturated rings. The number of nitro groups is 1. The van der Waals surface area contributed by atoms with Gasteiger partial charge in [0.05, 0.1) is 20.7 Å². The molecule has 0 heterocycles. The Balaban J connectivity index is 2.05. The molecule has 8 heteroatoms. The predicted octanol–water partition coefficient (Wildman–Crippen LogP) is 4.23. The highest BCUT2D eigenvalue weighted by Gasteiger charge is 2.16. The molecule has 2 rings (SSSR count). The maximum Gasteiger partial charge on any atom is 0.311 e. The molecule has 0 aliphatic heterocycles. The third-order valence-corrected chi connectivity index (χ3v) is 3.71. The molecule has 0 aliphatic rings. The molecular weight excluding hydrogens is 343 g/mol. The van der Waals surface area contributed by atoms with Crippen molar-refractivity contribution in [3.63, 3.8) is 0 Å². The van der Waals surface area contributed by atoms with Crippen molar-refractivity contribution in [2.24, 2.45) is 0 Å². The molecule has 0 aliphatic carbocycles. The minimum atomic E-state index is -0.561. The van der Waals surface area contributed by atoms with Crippen LogP contribution in [0.5, 0.6) is 5.75 Å². The van der Waals surface area contributed by atoms with Crippen LogP contribution in [0, 0.1) is 17.0 Å². The maximum absolute atomic E-state index is 11.9. The number of halogens is 2. The molecule has 0 atom stereocenters. The van der Waals surface area contributed by atoms with Gasteiger partial charge in [0.2, 0.25) is 0 Å². The van der Waals surface area contributed by atoms with E-state index in [0.29, 0.717) is 10.7 Å². The molecule has 0 radical (unpaired) electrons. The van der Waals surface area contributed by atoms with Crippen LogP contribution in [0.2, 0.25) is 10.0 Å². The first kappa shape index (κ1) is 17.1. The third kappa shape index (κ3) is 4.34. The molecule has 1 N–H and O–H groups in total. The van der Waals surface area contributed by atoms with Crippen molar-refractivity contribution in [3.8, 4) is 5.75 Å². The number of nitrogens with zero attached hydrogens (tertiary/aromatic N) is 1. The fraction of sp³-hybridized carbons (Fsp3) is 0.133. The van der Waals surface area contributed by atoms with Crippen LogP contribution in [-0.2, 0) is 4.79 Å². The van der Waals surface area contributed by atoms with Crippen LogP contribution in [0.4, 0.5) is 11.4 Å². The first-order chi connectivity index (χ1) is 10.9. The van der Waals surface area contributed by atoms with Gasteiger partial charge in [-0.3, -0.25) is 14.9 Å². The van der Waals surface area contributed by atoms with E-state index in [1.807, 2.05) is 0 Å². The van der Waals surface area contributed by atoms with Crippen molar-refractivity contribution < 1.29 is 14.5 Å². The average Bonchev–Trinajstić information content (AvgIpc) is 2.50. The molecule has 0 unspecified atom stereocenters. The monoisotopic (exact) mass is 354 g/mol. The van der Waals surface area contributed by atoms with Gasteiger partial charge in [0, 0.05) is 6.07 Å². The summed E-state index contributed by atoms with van der Waals surface area (Å²) in [6.45, 7) is 1.33. The van der Waals surface area contributed by atoms with Gasteiger partial charge >= 0.3 is 5.69 Å². The lowest BCUT2D eigenvalue weighted by atomic mass is 10.2. The summed E-state index contributed by atoms with van der Waals surface area (Å²) in [7, 11) is 0. The second-order valence-corrected chi connectivity index (χ2v) is 5.45. The molecule has 2 aromatic rings. The zero-order chi connectivity index (χ0) is 17.0. The van der Waals surface area contributed by atoms with Gasteiger partial charge in [0.1, 0.15) is 0 Å². The molecule has 0 bridgehead atoms. The molecule has 2 aromatic carbocycles. The topological polar surface area (TPSA) is 81.5 Å². The normalized spacial score (nSPS) is 10.2. The third-order valence-electron chi connectivity index (χ3n) is 2.90. The van der Waals surface area contributed by atoms with Gasteiger partial charge in [-0.2, -0.15) is 0 Å². The standard InChI is InChI=1S/C15H12Cl2N2O4/c1-9-5-6-13(12(7-9)19(21)22)23-8-14(20)18-11-4-2-3-10(16)15(11)17/h2-7H,8H2,1H3,(H,18,20). The van der Waals surface area contributed by atoms with E-state index in [0.717, 1.165) is 5.56 Å². The van der Waals surface area contributed by atoms with Crippen molar-refractivity contribution in [1.82, 2.24) is 0 Å². The highest BCUT2D eigenvalue weighted by atomic mass is 35.5. The van der Waals surface area contributed by atoms with Gasteiger partial charge in [-0.15, -0.1) is 0 Å². The number of carbonyl (C=O) groups excluding carboxylic acids is 1. The zero-order valence-corrected chi connectivity index (χ0v) is 13.5. The van der Waals surface area contributed by atoms with Crippen LogP contribution in [-0.4, -0.2) is 17.4 Å². The van der Waals surface area contributed by atoms with E-state index in [2.05, 4.69) is 5.32 Å². The van der Waals surface area contributed by atoms with Crippen molar-refractivity contribution in [2.45, 2.75) is 6.92 Å². The molecule has 0 saturated carbocycles. The van der Waals surface area contributed by atoms with E-state index in [-0.39, 0.29) is 16.5 Å². The molecule has 0 aromatic heterocycles. The first-order valence-electron chi connectivity index (χ1n) is 6.50. The van der Waals surface area contributed by atoms with Crippen molar-refractivity contribution in [3.05, 3.63) is 62.1 Å². The van der Waals surface area contributed by atoms with Crippen molar-refractivity contribution >= 4 is 40.5 Å². The predicted molar refractivity (Wildman–Crippen MR) is 88.4 cm³/mol. The summed E-state index contributed by atoms with van der Waals surface area (Å²) < 4.78 is 5.23. The molecule has 23 heavy (non-hydrogen) atoms. The van der Waals surface area contributed by atoms with Crippen LogP contribution < -0.4 is 10.1 Å². The zero-order valence-electron chi connectivity index (χ0n) is 12.0. The number of nitrogens with one attached hydrogen (secondary N) is 1. The lowest BCUT2D eigenvalue weighted by Crippen LogP contribution is -2.20. The fourth-order valence-electron chi connectivity index (χ4n) is 1.82. The Hall–Kier alpha value is -2.31. The lowest BCUT2D eigenvalue weighted by molar-refractivity contribution is -0.385. The highest BCUT2D eigenvalue weighted by Crippen LogP contribution is 2.30. The van der Waals surface area contributed by atoms with Crippen LogP contribution >= 0.6 is 23.2 Å². The molecule has 0 spiro atoms. The average molecular weight is 355 g/mol. The number of rotatable bonds is 5. The number of benzene rings is 2. The Morgan fingerprint density at radius 1 is 1.30 bits per heavy atom. The number of ether oxygens (including phenoxy) is 1. The highest BCUT2D eigenvalue weighted by molar-refractivity contribution is 6.43. The van der Waals surface area contributed by atoms with Gasteiger partial charge in [-0.05, 0) is 30.7 Å². The Morgan fingerprint density at radius 3 is 2.74 bits per heavy atom. The van der Waals surface area contributed by atoms with Gasteiger partial charge in [-0.25, -0.2) is 0 Å². The summed E-state index contributed by atoms with van der Waals surface area (Å²) in [6.07, 6.45) is 0. The van der Waals surface area contributed by atoms with Gasteiger partial charge < -0.3 is 10.1 Å². The minimum Gasteiger partial charge on any atom is -0.477 e. The van der Waals surface area contributed by atoms with Crippen LogP contribution in [0.3, 0.4) is 0 Å². The number of anilines is 1. The first-order valence-corrected chi connectivity index (χ1v) is 7.26. The second kappa shape index (κ2) is 7.30. The molecular formula is C15H12Cl2N2O4. The minimum absolute atomic E-state index is 0.0212. The summed E-state index contributed by atoms with van der Waals surface area (Å²) in [5, 5.41) is 14.0. The Morgan fingerprint density at radius 2 is 2.04 bits per heavy atom. The molecule has 1 amide bonds. The largest absolute Gasteiger partial charge is 0.477 e. The number of aryl methyl sites for hydroxylation is 1. The number of carbonyl (C=O) groups is 1. The SMILES string of the molecule is Cc1ccc(OCC(=O)Nc2cccc(Cl)c2Cl)c([N+](=O)[O-])c1. The number of amides is 1. The molecule has 0 saturated heterocycles. The Bertz CT molecular complexity index is 765. The fourth-order valence-corrected chi connectivity index (χ4v) is 2.17. The van der Waals surface area contributed by atoms with E-state index in [1.165, 1.54) is 12.1 Å². The lowest BCUT2D eigenvalue weighted by Gasteiger charge is -2.10. The maximum atomic E-state index is 11.9. The Labute approximate surface area is 142 Å². The summed E-state index contributed by atoms with van der Waals surface area (Å²) in [6, 6.07) is 9.30. The molecule has 6 nitrogen and oxygen atoms in total. The number of nitro benzene ring substituents is 1. The number of hydrogen-bond donors (Lipinski definition) is 1. The summed E-state index contributed by atoms with van der Waals surface area (Å²) in [5.41, 5.74) is 0.865. The van der Waals surface area contributed by atoms with E-state index in [9.17, 15) is 14.9 Å². The number of hydrogen-bond acceptors (Lipinski definition) is 4. The second-order valence-electron chi connectivity index (χ2n) is 4.67. The van der Waals surface area contributed by atoms with Crippen LogP contribution in [0.15, 0.2) is 36.4 Å². The van der Waals surface area contributed by atoms with Crippen molar-refractivity contribution in [2.75, 3.05) is 11.9 Å². The summed E-state index contributed by atoms with van der Waals surface area (Å²) in [5.74, 6) is -0.489. The van der Waals surface area contributed by atoms with Gasteiger partial charge in [0.15, 0.2) is 12.4 Å². The summed E-state index contributed by atoms with van der Waals surface area (Å²) >= 11 is 11.8. The van der Waals surface area contributed by atoms with Gasteiger partial charge in [-0.1, -0.05) is 35.3 Å². The Kier molecular flexibility index (Phi) is 5.41.